The summed E-state index contributed by atoms with van der Waals surface area (Å²) >= 11 is 0. The van der Waals surface area contributed by atoms with Gasteiger partial charge in [-0.1, -0.05) is 0 Å². The number of rotatable bonds is 6. The maximum atomic E-state index is 10.6. The van der Waals surface area contributed by atoms with Crippen molar-refractivity contribution in [3.8, 4) is 0 Å². The minimum atomic E-state index is -5.08. The number of likely N-dealkylation sites (tertiary alicyclic amines) is 1. The van der Waals surface area contributed by atoms with Crippen LogP contribution in [-0.4, -0.2) is 66.7 Å². The molecule has 8 heteroatoms. The highest BCUT2D eigenvalue weighted by Gasteiger charge is 2.41. The molecule has 2 saturated heterocycles. The Hall–Kier alpha value is -0.860. The van der Waals surface area contributed by atoms with Gasteiger partial charge in [0.1, 0.15) is 0 Å². The number of aliphatic carboxylic acids is 1. The smallest absolute Gasteiger partial charge is 0.475 e. The fraction of sp³-hybridized carbons (Fsp3) is 0.944. The molecule has 1 N–H and O–H groups in total. The van der Waals surface area contributed by atoms with Crippen molar-refractivity contribution in [2.24, 2.45) is 11.8 Å². The fourth-order valence-corrected chi connectivity index (χ4v) is 3.72. The molecule has 0 bridgehead atoms. The summed E-state index contributed by atoms with van der Waals surface area (Å²) in [5.41, 5.74) is 0. The highest BCUT2D eigenvalue weighted by Crippen LogP contribution is 2.36. The van der Waals surface area contributed by atoms with Crippen molar-refractivity contribution >= 4 is 5.97 Å². The van der Waals surface area contributed by atoms with Crippen molar-refractivity contribution in [3.05, 3.63) is 0 Å². The van der Waals surface area contributed by atoms with E-state index in [2.05, 4.69) is 4.90 Å². The number of carboxylic acid groups (broad SMARTS) is 1. The Morgan fingerprint density at radius 2 is 1.69 bits per heavy atom. The minimum Gasteiger partial charge on any atom is -0.475 e. The lowest BCUT2D eigenvalue weighted by atomic mass is 9.99. The molecule has 4 aliphatic rings. The Bertz CT molecular complexity index is 480. The molecule has 0 aromatic rings. The van der Waals surface area contributed by atoms with Crippen LogP contribution in [0.3, 0.4) is 0 Å². The third-order valence-electron chi connectivity index (χ3n) is 5.54. The lowest BCUT2D eigenvalue weighted by Gasteiger charge is -2.36. The SMILES string of the molecule is C1CC1COC[C@H]1CC[C@@H]2[C@@H](CCN2CC2CC2)O1.O=C(O)C(F)(F)F. The number of hydrogen-bond donors (Lipinski definition) is 1. The summed E-state index contributed by atoms with van der Waals surface area (Å²) in [6.45, 7) is 4.42. The zero-order valence-corrected chi connectivity index (χ0v) is 14.9. The first kappa shape index (κ1) is 19.9. The molecule has 2 aliphatic carbocycles. The van der Waals surface area contributed by atoms with Crippen LogP contribution in [0.5, 0.6) is 0 Å². The molecule has 2 saturated carbocycles. The van der Waals surface area contributed by atoms with Gasteiger partial charge in [0, 0.05) is 25.7 Å². The van der Waals surface area contributed by atoms with Crippen LogP contribution in [0.1, 0.15) is 44.9 Å². The number of nitrogens with zero attached hydrogens (tertiary/aromatic N) is 1. The standard InChI is InChI=1S/C16H27NO2.C2HF3O2/c1-2-12(1)9-17-8-7-16-15(17)6-5-14(19-16)11-18-10-13-3-4-13;3-2(4,5)1(6)7/h12-16H,1-11H2;(H,6,7)/t14-,15-,16-;/m1./s1. The average molecular weight is 379 g/mol. The van der Waals surface area contributed by atoms with Gasteiger partial charge in [0.15, 0.2) is 0 Å². The Labute approximate surface area is 151 Å². The zero-order chi connectivity index (χ0) is 18.7. The number of fused-ring (bicyclic) bond motifs is 1. The maximum absolute atomic E-state index is 10.6. The molecule has 2 heterocycles. The van der Waals surface area contributed by atoms with Gasteiger partial charge in [-0.15, -0.1) is 0 Å². The lowest BCUT2D eigenvalue weighted by molar-refractivity contribution is -0.192. The van der Waals surface area contributed by atoms with E-state index < -0.39 is 12.1 Å². The molecule has 0 aromatic carbocycles. The second-order valence-corrected chi connectivity index (χ2v) is 7.95. The molecule has 4 fully saturated rings. The maximum Gasteiger partial charge on any atom is 0.490 e. The van der Waals surface area contributed by atoms with Crippen molar-refractivity contribution in [2.45, 2.75) is 69.4 Å². The summed E-state index contributed by atoms with van der Waals surface area (Å²) in [5, 5.41) is 7.12. The largest absolute Gasteiger partial charge is 0.490 e. The predicted octanol–water partition coefficient (Wildman–Crippen LogP) is 3.08. The van der Waals surface area contributed by atoms with Crippen LogP contribution in [0.25, 0.3) is 0 Å². The third-order valence-corrected chi connectivity index (χ3v) is 5.54. The van der Waals surface area contributed by atoms with Gasteiger partial charge in [-0.3, -0.25) is 4.90 Å². The first-order valence-corrected chi connectivity index (χ1v) is 9.60. The Morgan fingerprint density at radius 1 is 1.04 bits per heavy atom. The Balaban J connectivity index is 0.000000242. The first-order chi connectivity index (χ1) is 12.3. The van der Waals surface area contributed by atoms with Crippen LogP contribution in [-0.2, 0) is 14.3 Å². The predicted molar refractivity (Wildman–Crippen MR) is 87.8 cm³/mol. The van der Waals surface area contributed by atoms with Gasteiger partial charge in [-0.2, -0.15) is 13.2 Å². The molecule has 4 rings (SSSR count). The topological polar surface area (TPSA) is 59.0 Å². The average Bonchev–Trinajstić information content (AvgIpc) is 3.48. The molecule has 0 unspecified atom stereocenters. The number of alkyl halides is 3. The van der Waals surface area contributed by atoms with E-state index >= 15 is 0 Å². The van der Waals surface area contributed by atoms with Crippen molar-refractivity contribution in [3.63, 3.8) is 0 Å². The first-order valence-electron chi connectivity index (χ1n) is 9.60. The molecule has 150 valence electrons. The van der Waals surface area contributed by atoms with Crippen LogP contribution in [0.15, 0.2) is 0 Å². The van der Waals surface area contributed by atoms with Gasteiger partial charge in [0.2, 0.25) is 0 Å². The van der Waals surface area contributed by atoms with E-state index in [1.165, 1.54) is 58.0 Å². The molecule has 0 radical (unpaired) electrons. The molecule has 26 heavy (non-hydrogen) atoms. The number of halogens is 3. The van der Waals surface area contributed by atoms with E-state index in [0.717, 1.165) is 31.1 Å². The van der Waals surface area contributed by atoms with Gasteiger partial charge in [0.25, 0.3) is 0 Å². The van der Waals surface area contributed by atoms with E-state index in [-0.39, 0.29) is 0 Å². The van der Waals surface area contributed by atoms with Crippen LogP contribution >= 0.6 is 0 Å². The Kier molecular flexibility index (Phi) is 6.45. The monoisotopic (exact) mass is 379 g/mol. The number of carbonyl (C=O) groups is 1. The molecule has 3 atom stereocenters. The van der Waals surface area contributed by atoms with Crippen molar-refractivity contribution in [1.82, 2.24) is 4.90 Å². The molecular formula is C18H28F3NO4. The van der Waals surface area contributed by atoms with Gasteiger partial charge in [-0.25, -0.2) is 4.79 Å². The summed E-state index contributed by atoms with van der Waals surface area (Å²) in [5.74, 6) is -0.872. The number of hydrogen-bond acceptors (Lipinski definition) is 4. The van der Waals surface area contributed by atoms with E-state index in [0.29, 0.717) is 12.2 Å². The van der Waals surface area contributed by atoms with Gasteiger partial charge >= 0.3 is 12.1 Å². The number of carboxylic acids is 1. The summed E-state index contributed by atoms with van der Waals surface area (Å²) in [7, 11) is 0. The van der Waals surface area contributed by atoms with E-state index in [1.54, 1.807) is 0 Å². The van der Waals surface area contributed by atoms with Crippen LogP contribution in [0.4, 0.5) is 13.2 Å². The summed E-state index contributed by atoms with van der Waals surface area (Å²) < 4.78 is 43.8. The van der Waals surface area contributed by atoms with Gasteiger partial charge < -0.3 is 14.6 Å². The molecule has 5 nitrogen and oxygen atoms in total. The molecule has 0 aromatic heterocycles. The van der Waals surface area contributed by atoms with Crippen LogP contribution in [0.2, 0.25) is 0 Å². The normalized spacial score (nSPS) is 31.9. The molecule has 0 spiro atoms. The summed E-state index contributed by atoms with van der Waals surface area (Å²) in [6.07, 6.45) is 5.26. The Morgan fingerprint density at radius 3 is 2.27 bits per heavy atom. The second kappa shape index (κ2) is 8.44. The highest BCUT2D eigenvalue weighted by atomic mass is 19.4. The zero-order valence-electron chi connectivity index (χ0n) is 14.9. The van der Waals surface area contributed by atoms with Crippen LogP contribution < -0.4 is 0 Å². The molecular weight excluding hydrogens is 351 g/mol. The van der Waals surface area contributed by atoms with E-state index in [4.69, 9.17) is 19.4 Å². The van der Waals surface area contributed by atoms with Gasteiger partial charge in [0.05, 0.1) is 18.8 Å². The second-order valence-electron chi connectivity index (χ2n) is 7.95. The third kappa shape index (κ3) is 6.09. The quantitative estimate of drug-likeness (QED) is 0.769. The number of ether oxygens (including phenoxy) is 2. The molecule has 2 aliphatic heterocycles. The van der Waals surface area contributed by atoms with E-state index in [9.17, 15) is 13.2 Å². The van der Waals surface area contributed by atoms with Gasteiger partial charge in [-0.05, 0) is 56.8 Å². The summed E-state index contributed by atoms with van der Waals surface area (Å²) in [4.78, 5) is 11.6. The minimum absolute atomic E-state index is 0.376. The van der Waals surface area contributed by atoms with Crippen LogP contribution in [0, 0.1) is 11.8 Å². The van der Waals surface area contributed by atoms with E-state index in [1.807, 2.05) is 0 Å². The van der Waals surface area contributed by atoms with Crippen molar-refractivity contribution in [1.29, 1.82) is 0 Å². The fourth-order valence-electron chi connectivity index (χ4n) is 3.72. The molecule has 0 amide bonds. The highest BCUT2D eigenvalue weighted by molar-refractivity contribution is 5.73. The van der Waals surface area contributed by atoms with Crippen molar-refractivity contribution in [2.75, 3.05) is 26.3 Å². The van der Waals surface area contributed by atoms with Crippen molar-refractivity contribution < 1.29 is 32.5 Å². The summed E-state index contributed by atoms with van der Waals surface area (Å²) in [6, 6.07) is 0.722. The lowest BCUT2D eigenvalue weighted by Crippen LogP contribution is -2.44.